The smallest absolute Gasteiger partial charge is 0.339 e. The molecule has 2 aromatic carbocycles. The number of nitrogen functional groups attached to an aromatic ring is 1. The summed E-state index contributed by atoms with van der Waals surface area (Å²) in [6.07, 6.45) is 0.795. The number of nitrogens with two attached hydrogens (primary N) is 2. The van der Waals surface area contributed by atoms with Gasteiger partial charge in [0.15, 0.2) is 0 Å². The molecule has 0 saturated heterocycles. The molecule has 0 aromatic heterocycles. The predicted octanol–water partition coefficient (Wildman–Crippen LogP) is 2.14. The van der Waals surface area contributed by atoms with Crippen LogP contribution < -0.4 is 21.3 Å². The highest BCUT2D eigenvalue weighted by atomic mass is 16.5. The largest absolute Gasteiger partial charge is 0.497 e. The van der Waals surface area contributed by atoms with Crippen molar-refractivity contribution in [1.82, 2.24) is 4.90 Å². The van der Waals surface area contributed by atoms with E-state index in [4.69, 9.17) is 16.3 Å². The van der Waals surface area contributed by atoms with Crippen LogP contribution in [-0.2, 0) is 13.0 Å². The topological polar surface area (TPSA) is 84.8 Å². The van der Waals surface area contributed by atoms with Gasteiger partial charge in [-0.3, -0.25) is 0 Å². The molecule has 6 nitrogen and oxygen atoms in total. The van der Waals surface area contributed by atoms with Crippen molar-refractivity contribution >= 4 is 17.4 Å². The summed E-state index contributed by atoms with van der Waals surface area (Å²) in [4.78, 5) is 14.4. The van der Waals surface area contributed by atoms with Crippen molar-refractivity contribution < 1.29 is 9.53 Å². The third-order valence-electron chi connectivity index (χ3n) is 4.10. The van der Waals surface area contributed by atoms with Crippen molar-refractivity contribution in [2.45, 2.75) is 13.0 Å². The van der Waals surface area contributed by atoms with Gasteiger partial charge in [-0.15, -0.1) is 0 Å². The van der Waals surface area contributed by atoms with Gasteiger partial charge >= 0.3 is 6.03 Å². The predicted molar refractivity (Wildman–Crippen MR) is 90.0 cm³/mol. The second-order valence-corrected chi connectivity index (χ2v) is 5.52. The fourth-order valence-electron chi connectivity index (χ4n) is 2.79. The molecule has 0 atom stereocenters. The Morgan fingerprint density at radius 3 is 2.74 bits per heavy atom. The number of carbonyl (C=O) groups is 1. The summed E-state index contributed by atoms with van der Waals surface area (Å²) in [5.41, 5.74) is 9.19. The third kappa shape index (κ3) is 2.93. The zero-order valence-electron chi connectivity index (χ0n) is 13.0. The lowest BCUT2D eigenvalue weighted by Crippen LogP contribution is -2.49. The van der Waals surface area contributed by atoms with E-state index in [9.17, 15) is 4.79 Å². The van der Waals surface area contributed by atoms with Crippen LogP contribution in [0.1, 0.15) is 11.1 Å². The number of amides is 2. The number of methoxy groups -OCH3 is 1. The summed E-state index contributed by atoms with van der Waals surface area (Å²) in [6.45, 7) is 1.13. The Bertz CT molecular complexity index is 732. The molecule has 0 unspecified atom stereocenters. The first kappa shape index (κ1) is 15.2. The van der Waals surface area contributed by atoms with E-state index in [0.717, 1.165) is 22.7 Å². The molecule has 2 amide bonds. The van der Waals surface area contributed by atoms with Crippen molar-refractivity contribution in [3.63, 3.8) is 0 Å². The molecule has 0 saturated carbocycles. The molecule has 0 spiro atoms. The molecule has 4 N–H and O–H groups in total. The Morgan fingerprint density at radius 1 is 1.22 bits per heavy atom. The molecule has 0 aliphatic carbocycles. The third-order valence-corrected chi connectivity index (χ3v) is 4.10. The Balaban J connectivity index is 1.80. The number of nitrogens with zero attached hydrogens (tertiary/aromatic N) is 2. The number of ether oxygens (including phenoxy) is 1. The molecule has 0 bridgehead atoms. The van der Waals surface area contributed by atoms with Gasteiger partial charge in [0.1, 0.15) is 5.75 Å². The number of para-hydroxylation sites is 2. The minimum atomic E-state index is -0.267. The van der Waals surface area contributed by atoms with Crippen LogP contribution in [0.5, 0.6) is 5.75 Å². The Morgan fingerprint density at radius 2 is 2.00 bits per heavy atom. The van der Waals surface area contributed by atoms with Crippen molar-refractivity contribution in [3.8, 4) is 5.75 Å². The van der Waals surface area contributed by atoms with Gasteiger partial charge in [-0.2, -0.15) is 0 Å². The lowest BCUT2D eigenvalue weighted by Gasteiger charge is -2.32. The van der Waals surface area contributed by atoms with E-state index in [-0.39, 0.29) is 6.03 Å². The molecule has 1 aliphatic rings. The Kier molecular flexibility index (Phi) is 4.08. The number of hydrazine groups is 1. The number of carbonyl (C=O) groups excluding carboxylic acids is 1. The number of urea groups is 1. The monoisotopic (exact) mass is 312 g/mol. The van der Waals surface area contributed by atoms with Crippen LogP contribution in [0.25, 0.3) is 0 Å². The quantitative estimate of drug-likeness (QED) is 0.385. The minimum absolute atomic E-state index is 0.267. The van der Waals surface area contributed by atoms with Crippen LogP contribution in [0.2, 0.25) is 0 Å². The number of benzene rings is 2. The van der Waals surface area contributed by atoms with Gasteiger partial charge in [0.2, 0.25) is 0 Å². The molecule has 0 radical (unpaired) electrons. The van der Waals surface area contributed by atoms with Crippen LogP contribution in [0, 0.1) is 0 Å². The van der Waals surface area contributed by atoms with E-state index in [0.29, 0.717) is 24.5 Å². The van der Waals surface area contributed by atoms with Crippen molar-refractivity contribution in [2.75, 3.05) is 24.4 Å². The summed E-state index contributed by atoms with van der Waals surface area (Å²) < 4.78 is 5.25. The van der Waals surface area contributed by atoms with Crippen LogP contribution in [0.3, 0.4) is 0 Å². The zero-order valence-corrected chi connectivity index (χ0v) is 13.0. The van der Waals surface area contributed by atoms with E-state index < -0.39 is 0 Å². The maximum Gasteiger partial charge on any atom is 0.339 e. The van der Waals surface area contributed by atoms with Crippen molar-refractivity contribution in [2.24, 2.45) is 5.84 Å². The number of hydrogen-bond donors (Lipinski definition) is 2. The van der Waals surface area contributed by atoms with Gasteiger partial charge in [0, 0.05) is 13.1 Å². The molecule has 1 heterocycles. The van der Waals surface area contributed by atoms with E-state index in [1.54, 1.807) is 36.3 Å². The van der Waals surface area contributed by atoms with Gasteiger partial charge in [-0.05, 0) is 41.8 Å². The standard InChI is InChI=1S/C17H20N4O2/c1-23-14-7-6-12-8-9-20(11-13(12)10-14)17(22)21(19)16-5-3-2-4-15(16)18/h2-7,10H,8-9,11,18-19H2,1H3. The fourth-order valence-corrected chi connectivity index (χ4v) is 2.79. The molecule has 2 aromatic rings. The number of rotatable bonds is 2. The van der Waals surface area contributed by atoms with E-state index in [2.05, 4.69) is 0 Å². The Hall–Kier alpha value is -2.73. The van der Waals surface area contributed by atoms with Gasteiger partial charge in [0.05, 0.1) is 18.5 Å². The first-order valence-corrected chi connectivity index (χ1v) is 7.44. The van der Waals surface area contributed by atoms with Crippen LogP contribution >= 0.6 is 0 Å². The molecule has 6 heteroatoms. The summed E-state index contributed by atoms with van der Waals surface area (Å²) >= 11 is 0. The van der Waals surface area contributed by atoms with Crippen molar-refractivity contribution in [1.29, 1.82) is 0 Å². The fraction of sp³-hybridized carbons (Fsp3) is 0.235. The molecule has 120 valence electrons. The minimum Gasteiger partial charge on any atom is -0.497 e. The highest BCUT2D eigenvalue weighted by molar-refractivity contribution is 5.94. The van der Waals surface area contributed by atoms with Gasteiger partial charge in [0.25, 0.3) is 0 Å². The van der Waals surface area contributed by atoms with Crippen LogP contribution in [0.4, 0.5) is 16.2 Å². The summed E-state index contributed by atoms with van der Waals surface area (Å²) in [5, 5.41) is 1.11. The molecule has 23 heavy (non-hydrogen) atoms. The van der Waals surface area contributed by atoms with E-state index >= 15 is 0 Å². The normalized spacial score (nSPS) is 13.4. The lowest BCUT2D eigenvalue weighted by atomic mass is 10.00. The van der Waals surface area contributed by atoms with Crippen LogP contribution in [0.15, 0.2) is 42.5 Å². The van der Waals surface area contributed by atoms with Gasteiger partial charge < -0.3 is 15.4 Å². The number of anilines is 2. The van der Waals surface area contributed by atoms with Gasteiger partial charge in [-0.1, -0.05) is 18.2 Å². The summed E-state index contributed by atoms with van der Waals surface area (Å²) in [5.74, 6) is 6.77. The van der Waals surface area contributed by atoms with E-state index in [1.807, 2.05) is 18.2 Å². The second-order valence-electron chi connectivity index (χ2n) is 5.52. The molecular weight excluding hydrogens is 292 g/mol. The average Bonchev–Trinajstić information content (AvgIpc) is 2.60. The van der Waals surface area contributed by atoms with Crippen LogP contribution in [-0.4, -0.2) is 24.6 Å². The summed E-state index contributed by atoms with van der Waals surface area (Å²) in [6, 6.07) is 12.7. The van der Waals surface area contributed by atoms with E-state index in [1.165, 1.54) is 5.56 Å². The second kappa shape index (κ2) is 6.18. The maximum atomic E-state index is 12.7. The average molecular weight is 312 g/mol. The maximum absolute atomic E-state index is 12.7. The lowest BCUT2D eigenvalue weighted by molar-refractivity contribution is 0.199. The first-order valence-electron chi connectivity index (χ1n) is 7.44. The summed E-state index contributed by atoms with van der Waals surface area (Å²) in [7, 11) is 1.63. The zero-order chi connectivity index (χ0) is 16.4. The molecular formula is C17H20N4O2. The molecule has 1 aliphatic heterocycles. The first-order chi connectivity index (χ1) is 11.1. The molecule has 3 rings (SSSR count). The Labute approximate surface area is 135 Å². The highest BCUT2D eigenvalue weighted by Crippen LogP contribution is 2.26. The molecule has 0 fully saturated rings. The van der Waals surface area contributed by atoms with Crippen molar-refractivity contribution in [3.05, 3.63) is 53.6 Å². The van der Waals surface area contributed by atoms with Gasteiger partial charge in [-0.25, -0.2) is 15.6 Å². The number of fused-ring (bicyclic) bond motifs is 1. The SMILES string of the molecule is COc1ccc2c(c1)CN(C(=O)N(N)c1ccccc1N)CC2. The number of hydrogen-bond acceptors (Lipinski definition) is 4. The highest BCUT2D eigenvalue weighted by Gasteiger charge is 2.25.